The van der Waals surface area contributed by atoms with E-state index in [1.54, 1.807) is 60.9 Å². The zero-order valence-electron chi connectivity index (χ0n) is 18.2. The number of amides is 2. The van der Waals surface area contributed by atoms with Gasteiger partial charge in [0.1, 0.15) is 17.4 Å². The number of carbonyl (C=O) groups is 2. The van der Waals surface area contributed by atoms with Crippen molar-refractivity contribution in [1.82, 2.24) is 5.32 Å². The van der Waals surface area contributed by atoms with Gasteiger partial charge in [0.2, 0.25) is 5.91 Å². The second-order valence-electron chi connectivity index (χ2n) is 7.73. The molecule has 4 rings (SSSR count). The van der Waals surface area contributed by atoms with Crippen molar-refractivity contribution in [2.75, 3.05) is 4.90 Å². The largest absolute Gasteiger partial charge is 0.467 e. The number of hydrogen-bond acceptors (Lipinski definition) is 3. The molecule has 0 saturated carbocycles. The van der Waals surface area contributed by atoms with Gasteiger partial charge in [-0.3, -0.25) is 9.59 Å². The lowest BCUT2D eigenvalue weighted by Crippen LogP contribution is -2.30. The van der Waals surface area contributed by atoms with Crippen LogP contribution < -0.4 is 10.2 Å². The fourth-order valence-corrected chi connectivity index (χ4v) is 3.47. The van der Waals surface area contributed by atoms with Crippen LogP contribution in [0.25, 0.3) is 0 Å². The molecule has 0 unspecified atom stereocenters. The molecule has 1 aromatic heterocycles. The number of rotatable bonds is 8. The van der Waals surface area contributed by atoms with Crippen LogP contribution in [0.4, 0.5) is 14.5 Å². The normalized spacial score (nSPS) is 10.6. The van der Waals surface area contributed by atoms with Gasteiger partial charge in [-0.15, -0.1) is 0 Å². The third-order valence-corrected chi connectivity index (χ3v) is 5.22. The molecule has 2 amide bonds. The second-order valence-corrected chi connectivity index (χ2v) is 7.73. The average Bonchev–Trinajstić information content (AvgIpc) is 3.36. The van der Waals surface area contributed by atoms with Gasteiger partial charge >= 0.3 is 0 Å². The summed E-state index contributed by atoms with van der Waals surface area (Å²) < 4.78 is 32.3. The average molecular weight is 460 g/mol. The minimum Gasteiger partial charge on any atom is -0.467 e. The Labute approximate surface area is 195 Å². The van der Waals surface area contributed by atoms with Crippen molar-refractivity contribution in [2.45, 2.75) is 19.5 Å². The summed E-state index contributed by atoms with van der Waals surface area (Å²) in [4.78, 5) is 27.0. The molecular weight excluding hydrogens is 438 g/mol. The number of nitrogens with zero attached hydrogens (tertiary/aromatic N) is 1. The van der Waals surface area contributed by atoms with Crippen LogP contribution in [-0.2, 0) is 24.3 Å². The van der Waals surface area contributed by atoms with Crippen LogP contribution in [0, 0.1) is 11.6 Å². The highest BCUT2D eigenvalue weighted by molar-refractivity contribution is 6.06. The molecule has 0 aliphatic heterocycles. The third kappa shape index (κ3) is 5.95. The highest BCUT2D eigenvalue weighted by Crippen LogP contribution is 2.22. The summed E-state index contributed by atoms with van der Waals surface area (Å²) >= 11 is 0. The molecule has 0 bridgehead atoms. The molecular formula is C27H22F2N2O3. The molecule has 0 radical (unpaired) electrons. The first-order valence-electron chi connectivity index (χ1n) is 10.7. The maximum Gasteiger partial charge on any atom is 0.258 e. The molecule has 5 nitrogen and oxygen atoms in total. The molecule has 1 heterocycles. The van der Waals surface area contributed by atoms with Crippen LogP contribution in [0.2, 0.25) is 0 Å². The Morgan fingerprint density at radius 3 is 2.24 bits per heavy atom. The molecule has 0 aliphatic carbocycles. The monoisotopic (exact) mass is 460 g/mol. The van der Waals surface area contributed by atoms with Gasteiger partial charge in [0, 0.05) is 11.3 Å². The Kier molecular flexibility index (Phi) is 7.13. The minimum absolute atomic E-state index is 0.163. The van der Waals surface area contributed by atoms with Gasteiger partial charge in [-0.2, -0.15) is 0 Å². The zero-order valence-corrected chi connectivity index (χ0v) is 18.2. The van der Waals surface area contributed by atoms with Gasteiger partial charge < -0.3 is 14.6 Å². The number of hydrogen-bond donors (Lipinski definition) is 1. The van der Waals surface area contributed by atoms with Gasteiger partial charge in [0.05, 0.1) is 25.8 Å². The minimum atomic E-state index is -0.511. The van der Waals surface area contributed by atoms with Crippen molar-refractivity contribution in [1.29, 1.82) is 0 Å². The third-order valence-electron chi connectivity index (χ3n) is 5.22. The smallest absolute Gasteiger partial charge is 0.258 e. The highest BCUT2D eigenvalue weighted by atomic mass is 19.1. The van der Waals surface area contributed by atoms with Gasteiger partial charge in [0.25, 0.3) is 5.91 Å². The summed E-state index contributed by atoms with van der Waals surface area (Å²) in [6, 6.07) is 21.8. The zero-order chi connectivity index (χ0) is 23.9. The van der Waals surface area contributed by atoms with Gasteiger partial charge in [-0.05, 0) is 65.7 Å². The molecule has 0 atom stereocenters. The summed E-state index contributed by atoms with van der Waals surface area (Å²) in [6.07, 6.45) is 1.71. The van der Waals surface area contributed by atoms with Gasteiger partial charge in [-0.25, -0.2) is 8.78 Å². The van der Waals surface area contributed by atoms with Crippen molar-refractivity contribution < 1.29 is 22.8 Å². The van der Waals surface area contributed by atoms with Crippen molar-refractivity contribution >= 4 is 17.5 Å². The summed E-state index contributed by atoms with van der Waals surface area (Å²) in [5, 5.41) is 2.79. The first-order chi connectivity index (χ1) is 16.5. The Balaban J connectivity index is 1.51. The lowest BCUT2D eigenvalue weighted by Gasteiger charge is -2.23. The van der Waals surface area contributed by atoms with Gasteiger partial charge in [-0.1, -0.05) is 30.3 Å². The van der Waals surface area contributed by atoms with E-state index in [1.165, 1.54) is 35.2 Å². The molecule has 7 heteroatoms. The topological polar surface area (TPSA) is 62.6 Å². The molecule has 0 aliphatic rings. The van der Waals surface area contributed by atoms with E-state index in [0.29, 0.717) is 23.6 Å². The van der Waals surface area contributed by atoms with E-state index in [2.05, 4.69) is 5.32 Å². The molecule has 34 heavy (non-hydrogen) atoms. The van der Waals surface area contributed by atoms with Crippen LogP contribution in [0.5, 0.6) is 0 Å². The van der Waals surface area contributed by atoms with Crippen LogP contribution in [0.1, 0.15) is 27.2 Å². The van der Waals surface area contributed by atoms with Crippen LogP contribution in [-0.4, -0.2) is 11.8 Å². The van der Waals surface area contributed by atoms with Crippen molar-refractivity contribution in [3.63, 3.8) is 0 Å². The summed E-state index contributed by atoms with van der Waals surface area (Å²) in [5.41, 5.74) is 2.25. The van der Waals surface area contributed by atoms with E-state index in [0.717, 1.165) is 5.56 Å². The fourth-order valence-electron chi connectivity index (χ4n) is 3.47. The maximum absolute atomic E-state index is 13.7. The van der Waals surface area contributed by atoms with Crippen molar-refractivity contribution in [3.8, 4) is 0 Å². The first kappa shape index (κ1) is 22.9. The number of furan rings is 1. The molecule has 172 valence electrons. The van der Waals surface area contributed by atoms with Crippen LogP contribution >= 0.6 is 0 Å². The number of halogens is 2. The Hall–Kier alpha value is -4.26. The van der Waals surface area contributed by atoms with E-state index in [9.17, 15) is 18.4 Å². The molecule has 3 aromatic carbocycles. The SMILES string of the molecule is O=C(Cc1ccc(N(Cc2ccc(F)cc2)C(=O)c2cccc(F)c2)cc1)NCc1ccco1. The van der Waals surface area contributed by atoms with E-state index in [4.69, 9.17) is 4.42 Å². The molecule has 0 fully saturated rings. The van der Waals surface area contributed by atoms with E-state index < -0.39 is 11.7 Å². The van der Waals surface area contributed by atoms with Crippen molar-refractivity contribution in [2.24, 2.45) is 0 Å². The Morgan fingerprint density at radius 1 is 0.824 bits per heavy atom. The number of nitrogens with one attached hydrogen (secondary N) is 1. The predicted octanol–water partition coefficient (Wildman–Crippen LogP) is 5.26. The Bertz CT molecular complexity index is 1250. The van der Waals surface area contributed by atoms with E-state index in [1.807, 2.05) is 0 Å². The lowest BCUT2D eigenvalue weighted by molar-refractivity contribution is -0.120. The standard InChI is InChI=1S/C27H22F2N2O3/c28-22-10-6-20(7-11-22)18-31(27(33)21-3-1-4-23(29)16-21)24-12-8-19(9-13-24)15-26(32)30-17-25-5-2-14-34-25/h1-14,16H,15,17-18H2,(H,30,32). The number of benzene rings is 3. The van der Waals surface area contributed by atoms with Crippen molar-refractivity contribution in [3.05, 3.63) is 125 Å². The molecule has 4 aromatic rings. The highest BCUT2D eigenvalue weighted by Gasteiger charge is 2.19. The molecule has 0 saturated heterocycles. The lowest BCUT2D eigenvalue weighted by atomic mass is 10.1. The second kappa shape index (κ2) is 10.6. The van der Waals surface area contributed by atoms with Gasteiger partial charge in [0.15, 0.2) is 0 Å². The van der Waals surface area contributed by atoms with Crippen LogP contribution in [0.3, 0.4) is 0 Å². The Morgan fingerprint density at radius 2 is 1.56 bits per heavy atom. The number of anilines is 1. The van der Waals surface area contributed by atoms with E-state index in [-0.39, 0.29) is 30.3 Å². The first-order valence-corrected chi connectivity index (χ1v) is 10.7. The van der Waals surface area contributed by atoms with Crippen LogP contribution in [0.15, 0.2) is 95.6 Å². The van der Waals surface area contributed by atoms with E-state index >= 15 is 0 Å². The predicted molar refractivity (Wildman–Crippen MR) is 124 cm³/mol. The molecule has 1 N–H and O–H groups in total. The molecule has 0 spiro atoms. The summed E-state index contributed by atoms with van der Waals surface area (Å²) in [5.74, 6) is -0.781. The quantitative estimate of drug-likeness (QED) is 0.390. The summed E-state index contributed by atoms with van der Waals surface area (Å²) in [7, 11) is 0. The summed E-state index contributed by atoms with van der Waals surface area (Å²) in [6.45, 7) is 0.468. The number of carbonyl (C=O) groups excluding carboxylic acids is 2. The maximum atomic E-state index is 13.7. The fraction of sp³-hybridized carbons (Fsp3) is 0.111.